The number of hydrogen-bond donors (Lipinski definition) is 1. The van der Waals surface area contributed by atoms with Crippen molar-refractivity contribution in [1.82, 2.24) is 5.32 Å². The second kappa shape index (κ2) is 9.30. The Kier molecular flexibility index (Phi) is 6.82. The van der Waals surface area contributed by atoms with E-state index in [0.717, 1.165) is 49.4 Å². The van der Waals surface area contributed by atoms with E-state index in [1.165, 1.54) is 4.88 Å². The van der Waals surface area contributed by atoms with Crippen molar-refractivity contribution in [2.24, 2.45) is 5.16 Å². The zero-order valence-corrected chi connectivity index (χ0v) is 16.7. The first-order chi connectivity index (χ1) is 12.8. The predicted octanol–water partition coefficient (Wildman–Crippen LogP) is 3.43. The summed E-state index contributed by atoms with van der Waals surface area (Å²) in [6.07, 6.45) is 2.69. The van der Waals surface area contributed by atoms with Crippen LogP contribution in [0.15, 0.2) is 34.8 Å². The fraction of sp³-hybridized carbons (Fsp3) is 0.421. The molecule has 6 nitrogen and oxygen atoms in total. The van der Waals surface area contributed by atoms with Gasteiger partial charge in [-0.15, -0.1) is 23.7 Å². The summed E-state index contributed by atoms with van der Waals surface area (Å²) in [5, 5.41) is 9.79. The van der Waals surface area contributed by atoms with Gasteiger partial charge in [-0.3, -0.25) is 0 Å². The van der Waals surface area contributed by atoms with Gasteiger partial charge in [0.15, 0.2) is 11.5 Å². The van der Waals surface area contributed by atoms with Crippen LogP contribution in [0, 0.1) is 0 Å². The van der Waals surface area contributed by atoms with Gasteiger partial charge in [-0.1, -0.05) is 11.2 Å². The van der Waals surface area contributed by atoms with Gasteiger partial charge in [0.05, 0.1) is 12.8 Å². The van der Waals surface area contributed by atoms with Gasteiger partial charge in [0.25, 0.3) is 0 Å². The molecule has 0 spiro atoms. The molecule has 3 heterocycles. The molecule has 1 unspecified atom stereocenters. The summed E-state index contributed by atoms with van der Waals surface area (Å²) >= 11 is 1.79. The minimum Gasteiger partial charge on any atom is -0.493 e. The summed E-state index contributed by atoms with van der Waals surface area (Å²) in [6, 6.07) is 8.22. The van der Waals surface area contributed by atoms with Crippen LogP contribution in [0.5, 0.6) is 17.2 Å². The van der Waals surface area contributed by atoms with E-state index in [1.807, 2.05) is 12.1 Å². The van der Waals surface area contributed by atoms with Gasteiger partial charge in [0.2, 0.25) is 12.5 Å². The number of fused-ring (bicyclic) bond motifs is 1. The molecule has 1 aromatic heterocycles. The Morgan fingerprint density at radius 3 is 3.07 bits per heavy atom. The number of methoxy groups -OCH3 is 1. The molecule has 2 aliphatic rings. The Hall–Kier alpha value is -1.96. The second-order valence-electron chi connectivity index (χ2n) is 6.33. The highest BCUT2D eigenvalue weighted by Gasteiger charge is 2.24. The van der Waals surface area contributed by atoms with Crippen molar-refractivity contribution in [2.75, 3.05) is 27.0 Å². The van der Waals surface area contributed by atoms with Gasteiger partial charge in [-0.05, 0) is 35.6 Å². The van der Waals surface area contributed by atoms with Gasteiger partial charge < -0.3 is 24.4 Å². The van der Waals surface area contributed by atoms with E-state index in [-0.39, 0.29) is 25.3 Å². The Bertz CT molecular complexity index is 782. The van der Waals surface area contributed by atoms with E-state index in [4.69, 9.17) is 19.0 Å². The van der Waals surface area contributed by atoms with Crippen molar-refractivity contribution in [2.45, 2.75) is 25.4 Å². The number of thiophene rings is 1. The summed E-state index contributed by atoms with van der Waals surface area (Å²) in [4.78, 5) is 7.00. The average Bonchev–Trinajstić information content (AvgIpc) is 3.40. The smallest absolute Gasteiger partial charge is 0.231 e. The van der Waals surface area contributed by atoms with Crippen LogP contribution in [0.1, 0.15) is 16.9 Å². The third kappa shape index (κ3) is 4.86. The first-order valence-electron chi connectivity index (χ1n) is 8.73. The molecule has 1 aromatic carbocycles. The first-order valence-corrected chi connectivity index (χ1v) is 9.61. The van der Waals surface area contributed by atoms with Crippen molar-refractivity contribution in [1.29, 1.82) is 0 Å². The maximum absolute atomic E-state index is 5.60. The number of ether oxygens (including phenoxy) is 3. The molecule has 1 N–H and O–H groups in total. The van der Waals surface area contributed by atoms with Crippen molar-refractivity contribution in [3.63, 3.8) is 0 Å². The molecule has 0 radical (unpaired) electrons. The molecule has 8 heteroatoms. The summed E-state index contributed by atoms with van der Waals surface area (Å²) < 4.78 is 16.3. The van der Waals surface area contributed by atoms with Crippen LogP contribution in [-0.4, -0.2) is 38.8 Å². The lowest BCUT2D eigenvalue weighted by Gasteiger charge is -2.11. The van der Waals surface area contributed by atoms with E-state index in [1.54, 1.807) is 18.4 Å². The van der Waals surface area contributed by atoms with Crippen molar-refractivity contribution < 1.29 is 19.0 Å². The number of oxime groups is 1. The molecule has 0 aliphatic carbocycles. The largest absolute Gasteiger partial charge is 0.493 e. The highest BCUT2D eigenvalue weighted by atomic mass is 35.5. The third-order valence-corrected chi connectivity index (χ3v) is 5.37. The van der Waals surface area contributed by atoms with Crippen LogP contribution in [0.3, 0.4) is 0 Å². The summed E-state index contributed by atoms with van der Waals surface area (Å²) in [5.41, 5.74) is 2.16. The SMILES string of the molecule is COc1cc(CC2CC(CNCCc3cccs3)=NO2)cc2c1OCO2.Cl. The van der Waals surface area contributed by atoms with Gasteiger partial charge in [0, 0.05) is 30.8 Å². The molecule has 2 aliphatic heterocycles. The van der Waals surface area contributed by atoms with E-state index in [2.05, 4.69) is 28.0 Å². The van der Waals surface area contributed by atoms with Gasteiger partial charge in [-0.25, -0.2) is 0 Å². The number of benzene rings is 1. The lowest BCUT2D eigenvalue weighted by molar-refractivity contribution is 0.0858. The van der Waals surface area contributed by atoms with Gasteiger partial charge >= 0.3 is 0 Å². The third-order valence-electron chi connectivity index (χ3n) is 4.43. The fourth-order valence-electron chi connectivity index (χ4n) is 3.16. The minimum atomic E-state index is 0. The maximum atomic E-state index is 5.60. The molecule has 146 valence electrons. The van der Waals surface area contributed by atoms with Crippen molar-refractivity contribution in [3.8, 4) is 17.2 Å². The second-order valence-corrected chi connectivity index (χ2v) is 7.36. The molecular formula is C19H23ClN2O4S. The predicted molar refractivity (Wildman–Crippen MR) is 108 cm³/mol. The lowest BCUT2D eigenvalue weighted by Crippen LogP contribution is -2.25. The highest BCUT2D eigenvalue weighted by Crippen LogP contribution is 2.42. The van der Waals surface area contributed by atoms with Crippen LogP contribution in [-0.2, 0) is 17.7 Å². The van der Waals surface area contributed by atoms with Crippen LogP contribution in [0.2, 0.25) is 0 Å². The summed E-state index contributed by atoms with van der Waals surface area (Å²) in [5.74, 6) is 2.11. The normalized spacial score (nSPS) is 17.2. The van der Waals surface area contributed by atoms with E-state index >= 15 is 0 Å². The molecular weight excluding hydrogens is 388 g/mol. The number of nitrogens with one attached hydrogen (secondary N) is 1. The zero-order chi connectivity index (χ0) is 17.8. The van der Waals surface area contributed by atoms with Gasteiger partial charge in [-0.2, -0.15) is 0 Å². The number of hydrogen-bond acceptors (Lipinski definition) is 7. The maximum Gasteiger partial charge on any atom is 0.231 e. The van der Waals surface area contributed by atoms with E-state index in [9.17, 15) is 0 Å². The average molecular weight is 411 g/mol. The molecule has 0 saturated heterocycles. The minimum absolute atomic E-state index is 0. The van der Waals surface area contributed by atoms with Crippen molar-refractivity contribution >= 4 is 29.5 Å². The monoisotopic (exact) mass is 410 g/mol. The molecule has 0 bridgehead atoms. The molecule has 2 aromatic rings. The van der Waals surface area contributed by atoms with E-state index in [0.29, 0.717) is 11.5 Å². The van der Waals surface area contributed by atoms with Crippen LogP contribution in [0.4, 0.5) is 0 Å². The Morgan fingerprint density at radius 2 is 2.26 bits per heavy atom. The molecule has 4 rings (SSSR count). The lowest BCUT2D eigenvalue weighted by atomic mass is 10.0. The Balaban J connectivity index is 0.00000210. The van der Waals surface area contributed by atoms with Gasteiger partial charge in [0.1, 0.15) is 6.10 Å². The van der Waals surface area contributed by atoms with Crippen molar-refractivity contribution in [3.05, 3.63) is 40.1 Å². The summed E-state index contributed by atoms with van der Waals surface area (Å²) in [7, 11) is 1.64. The summed E-state index contributed by atoms with van der Waals surface area (Å²) in [6.45, 7) is 1.95. The number of nitrogens with zero attached hydrogens (tertiary/aromatic N) is 1. The van der Waals surface area contributed by atoms with Crippen LogP contribution < -0.4 is 19.5 Å². The Morgan fingerprint density at radius 1 is 1.33 bits per heavy atom. The Labute approximate surface area is 168 Å². The highest BCUT2D eigenvalue weighted by molar-refractivity contribution is 7.09. The number of halogens is 1. The molecule has 1 atom stereocenters. The fourth-order valence-corrected chi connectivity index (χ4v) is 3.87. The molecule has 0 fully saturated rings. The zero-order valence-electron chi connectivity index (χ0n) is 15.1. The molecule has 0 amide bonds. The van der Waals surface area contributed by atoms with E-state index < -0.39 is 0 Å². The first kappa shape index (κ1) is 19.8. The quantitative estimate of drug-likeness (QED) is 0.675. The topological polar surface area (TPSA) is 61.3 Å². The molecule has 0 saturated carbocycles. The van der Waals surface area contributed by atoms with Crippen LogP contribution >= 0.6 is 23.7 Å². The number of rotatable bonds is 8. The standard InChI is InChI=1S/C19H22N2O4S.ClH/c1-22-17-8-13(9-18-19(17)24-12-23-18)7-15-10-14(21-25-15)11-20-5-4-16-3-2-6-26-16;/h2-3,6,8-9,15,20H,4-5,7,10-12H2,1H3;1H. The van der Waals surface area contributed by atoms with Crippen LogP contribution in [0.25, 0.3) is 0 Å². The molecule has 27 heavy (non-hydrogen) atoms.